The number of hydrogen-bond donors (Lipinski definition) is 3. The summed E-state index contributed by atoms with van der Waals surface area (Å²) >= 11 is 0. The van der Waals surface area contributed by atoms with Crippen LogP contribution in [0.2, 0.25) is 0 Å². The number of H-pyrrole nitrogens is 1. The zero-order valence-electron chi connectivity index (χ0n) is 21.1. The number of nitrogen functional groups attached to an aromatic ring is 1. The number of anilines is 1. The summed E-state index contributed by atoms with van der Waals surface area (Å²) in [6.07, 6.45) is 3.65. The molecule has 1 aliphatic rings. The molecule has 2 aromatic carbocycles. The largest absolute Gasteiger partial charge is 0.496 e. The molecular formula is C29H25FN6O3. The summed E-state index contributed by atoms with van der Waals surface area (Å²) in [7, 11) is 1.44. The van der Waals surface area contributed by atoms with Crippen LogP contribution in [0.5, 0.6) is 5.75 Å². The Morgan fingerprint density at radius 2 is 1.95 bits per heavy atom. The van der Waals surface area contributed by atoms with Crippen molar-refractivity contribution >= 4 is 22.6 Å². The van der Waals surface area contributed by atoms with Crippen LogP contribution < -0.4 is 15.8 Å². The molecule has 196 valence electrons. The van der Waals surface area contributed by atoms with Gasteiger partial charge in [-0.2, -0.15) is 5.10 Å². The van der Waals surface area contributed by atoms with Crippen LogP contribution in [0.15, 0.2) is 67.0 Å². The van der Waals surface area contributed by atoms with E-state index in [-0.39, 0.29) is 12.1 Å². The average molecular weight is 525 g/mol. The molecule has 4 heterocycles. The van der Waals surface area contributed by atoms with Crippen molar-refractivity contribution in [1.82, 2.24) is 25.5 Å². The van der Waals surface area contributed by atoms with Gasteiger partial charge in [0.05, 0.1) is 48.2 Å². The van der Waals surface area contributed by atoms with Gasteiger partial charge < -0.3 is 20.5 Å². The number of fused-ring (bicyclic) bond motifs is 1. The number of carbonyl (C=O) groups is 1. The highest BCUT2D eigenvalue weighted by Gasteiger charge is 2.22. The molecule has 0 saturated carbocycles. The van der Waals surface area contributed by atoms with Crippen molar-refractivity contribution in [3.05, 3.63) is 89.5 Å². The third kappa shape index (κ3) is 4.66. The fourth-order valence-electron chi connectivity index (χ4n) is 4.61. The molecule has 1 saturated heterocycles. The van der Waals surface area contributed by atoms with E-state index >= 15 is 0 Å². The minimum absolute atomic E-state index is 0.136. The van der Waals surface area contributed by atoms with Gasteiger partial charge in [0.15, 0.2) is 5.82 Å². The first-order valence-corrected chi connectivity index (χ1v) is 12.4. The lowest BCUT2D eigenvalue weighted by atomic mass is 9.98. The topological polar surface area (TPSA) is 128 Å². The Hall–Kier alpha value is -4.83. The van der Waals surface area contributed by atoms with E-state index in [0.717, 1.165) is 52.7 Å². The number of halogens is 1. The van der Waals surface area contributed by atoms with Gasteiger partial charge >= 0.3 is 0 Å². The van der Waals surface area contributed by atoms with Crippen molar-refractivity contribution in [2.45, 2.75) is 12.5 Å². The molecule has 5 aromatic rings. The first-order chi connectivity index (χ1) is 19.0. The fraction of sp³-hybridized carbons (Fsp3) is 0.172. The lowest BCUT2D eigenvalue weighted by molar-refractivity contribution is 0.00830. The number of aromatic amines is 1. The maximum atomic E-state index is 13.6. The van der Waals surface area contributed by atoms with Gasteiger partial charge in [-0.25, -0.2) is 4.39 Å². The normalized spacial score (nSPS) is 13.3. The number of amides is 1. The maximum absolute atomic E-state index is 13.6. The summed E-state index contributed by atoms with van der Waals surface area (Å²) in [6.45, 7) is 1.71. The standard InChI is InChI=1S/C29H25FN6O3/c1-38-24-9-7-20(30)10-21(24)29(37)34-11-16-2-4-17(5-3-16)26-25-27(35-36-28(25)31)22(13-33-26)23-8-6-18(12-32-23)19-14-39-15-19/h2-10,12-13,19H,11,14-15H2,1H3,(H,34,37)(H3,31,35,36). The zero-order chi connectivity index (χ0) is 26.9. The van der Waals surface area contributed by atoms with Crippen LogP contribution in [0.25, 0.3) is 33.4 Å². The SMILES string of the molecule is COc1ccc(F)cc1C(=O)NCc1ccc(-c2ncc(-c3ccc(C4COC4)cn3)c3[nH]nc(N)c23)cc1. The van der Waals surface area contributed by atoms with E-state index in [4.69, 9.17) is 20.2 Å². The minimum atomic E-state index is -0.509. The van der Waals surface area contributed by atoms with E-state index in [0.29, 0.717) is 28.6 Å². The Kier molecular flexibility index (Phi) is 6.37. The summed E-state index contributed by atoms with van der Waals surface area (Å²) < 4.78 is 24.1. The van der Waals surface area contributed by atoms with E-state index < -0.39 is 11.7 Å². The summed E-state index contributed by atoms with van der Waals surface area (Å²) in [5.74, 6) is 0.112. The van der Waals surface area contributed by atoms with Crippen LogP contribution in [0.1, 0.15) is 27.4 Å². The Labute approximate surface area is 223 Å². The number of nitrogens with two attached hydrogens (primary N) is 1. The molecule has 0 spiro atoms. The van der Waals surface area contributed by atoms with Gasteiger partial charge in [0.25, 0.3) is 5.91 Å². The van der Waals surface area contributed by atoms with Crippen LogP contribution >= 0.6 is 0 Å². The molecular weight excluding hydrogens is 499 g/mol. The van der Waals surface area contributed by atoms with Crippen LogP contribution in [-0.4, -0.2) is 46.4 Å². The monoisotopic (exact) mass is 524 g/mol. The predicted octanol–water partition coefficient (Wildman–Crippen LogP) is 4.46. The summed E-state index contributed by atoms with van der Waals surface area (Å²) in [5, 5.41) is 10.8. The Morgan fingerprint density at radius 3 is 2.64 bits per heavy atom. The first-order valence-electron chi connectivity index (χ1n) is 12.4. The van der Waals surface area contributed by atoms with Gasteiger partial charge in [-0.1, -0.05) is 30.3 Å². The zero-order valence-corrected chi connectivity index (χ0v) is 21.1. The number of benzene rings is 2. The molecule has 39 heavy (non-hydrogen) atoms. The second-order valence-electron chi connectivity index (χ2n) is 9.31. The van der Waals surface area contributed by atoms with Crippen LogP contribution in [0.4, 0.5) is 10.2 Å². The van der Waals surface area contributed by atoms with E-state index in [9.17, 15) is 9.18 Å². The van der Waals surface area contributed by atoms with Gasteiger partial charge in [0.2, 0.25) is 0 Å². The van der Waals surface area contributed by atoms with Gasteiger partial charge in [0, 0.05) is 36.0 Å². The van der Waals surface area contributed by atoms with Crippen molar-refractivity contribution < 1.29 is 18.7 Å². The van der Waals surface area contributed by atoms with Crippen molar-refractivity contribution in [2.75, 3.05) is 26.1 Å². The molecule has 10 heteroatoms. The molecule has 9 nitrogen and oxygen atoms in total. The first kappa shape index (κ1) is 24.5. The van der Waals surface area contributed by atoms with Gasteiger partial charge in [-0.05, 0) is 35.4 Å². The third-order valence-corrected chi connectivity index (χ3v) is 6.88. The average Bonchev–Trinajstić information content (AvgIpc) is 3.33. The lowest BCUT2D eigenvalue weighted by Crippen LogP contribution is -2.25. The van der Waals surface area contributed by atoms with Crippen LogP contribution in [0, 0.1) is 5.82 Å². The number of carbonyl (C=O) groups excluding carboxylic acids is 1. The fourth-order valence-corrected chi connectivity index (χ4v) is 4.61. The molecule has 0 unspecified atom stereocenters. The Morgan fingerprint density at radius 1 is 1.13 bits per heavy atom. The number of aromatic nitrogens is 4. The lowest BCUT2D eigenvalue weighted by Gasteiger charge is -2.26. The van der Waals surface area contributed by atoms with Gasteiger partial charge in [0.1, 0.15) is 11.6 Å². The highest BCUT2D eigenvalue weighted by Crippen LogP contribution is 2.35. The highest BCUT2D eigenvalue weighted by atomic mass is 19.1. The van der Waals surface area contributed by atoms with Crippen molar-refractivity contribution in [2.24, 2.45) is 0 Å². The quantitative estimate of drug-likeness (QED) is 0.287. The number of pyridine rings is 2. The number of nitrogens with zero attached hydrogens (tertiary/aromatic N) is 3. The molecule has 3 aromatic heterocycles. The Bertz CT molecular complexity index is 1660. The van der Waals surface area contributed by atoms with Gasteiger partial charge in [-0.3, -0.25) is 19.9 Å². The molecule has 0 aliphatic carbocycles. The number of rotatable bonds is 7. The highest BCUT2D eigenvalue weighted by molar-refractivity contribution is 6.05. The third-order valence-electron chi connectivity index (χ3n) is 6.88. The molecule has 4 N–H and O–H groups in total. The van der Waals surface area contributed by atoms with E-state index in [1.54, 1.807) is 6.20 Å². The minimum Gasteiger partial charge on any atom is -0.496 e. The molecule has 1 fully saturated rings. The molecule has 0 bridgehead atoms. The predicted molar refractivity (Wildman–Crippen MR) is 145 cm³/mol. The van der Waals surface area contributed by atoms with E-state index in [1.165, 1.54) is 19.2 Å². The van der Waals surface area contributed by atoms with Crippen LogP contribution in [0.3, 0.4) is 0 Å². The summed E-state index contributed by atoms with van der Waals surface area (Å²) in [5.41, 5.74) is 12.3. The van der Waals surface area contributed by atoms with Gasteiger partial charge in [-0.15, -0.1) is 0 Å². The van der Waals surface area contributed by atoms with Crippen molar-refractivity contribution in [3.63, 3.8) is 0 Å². The molecule has 0 radical (unpaired) electrons. The molecule has 6 rings (SSSR count). The van der Waals surface area contributed by atoms with Crippen molar-refractivity contribution in [3.8, 4) is 28.3 Å². The number of hydrogen-bond acceptors (Lipinski definition) is 7. The number of ether oxygens (including phenoxy) is 2. The van der Waals surface area contributed by atoms with Crippen LogP contribution in [-0.2, 0) is 11.3 Å². The molecule has 1 amide bonds. The number of methoxy groups -OCH3 is 1. The van der Waals surface area contributed by atoms with E-state index in [1.807, 2.05) is 36.5 Å². The van der Waals surface area contributed by atoms with E-state index in [2.05, 4.69) is 26.6 Å². The second-order valence-corrected chi connectivity index (χ2v) is 9.31. The summed E-state index contributed by atoms with van der Waals surface area (Å²) in [4.78, 5) is 22.0. The molecule has 0 atom stereocenters. The number of nitrogens with one attached hydrogen (secondary N) is 2. The maximum Gasteiger partial charge on any atom is 0.255 e. The Balaban J connectivity index is 1.23. The smallest absolute Gasteiger partial charge is 0.255 e. The molecule has 1 aliphatic heterocycles. The second kappa shape index (κ2) is 10.1. The summed E-state index contributed by atoms with van der Waals surface area (Å²) in [6, 6.07) is 15.5. The van der Waals surface area contributed by atoms with Crippen molar-refractivity contribution in [1.29, 1.82) is 0 Å².